The topological polar surface area (TPSA) is 125 Å². The number of carboxylic acids is 1. The van der Waals surface area contributed by atoms with Crippen molar-refractivity contribution < 1.29 is 33.8 Å². The molecule has 0 unspecified atom stereocenters. The molecule has 0 radical (unpaired) electrons. The molecule has 0 aliphatic carbocycles. The van der Waals surface area contributed by atoms with Crippen molar-refractivity contribution in [2.24, 2.45) is 0 Å². The Morgan fingerprint density at radius 2 is 1.83 bits per heavy atom. The molecule has 1 fully saturated rings. The average Bonchev–Trinajstić information content (AvgIpc) is 2.72. The molecule has 1 aliphatic heterocycles. The van der Waals surface area contributed by atoms with Gasteiger partial charge in [0.25, 0.3) is 11.8 Å². The first kappa shape index (κ1) is 20.6. The summed E-state index contributed by atoms with van der Waals surface area (Å²) < 4.78 is 10.3. The summed E-state index contributed by atoms with van der Waals surface area (Å²) >= 11 is 0. The van der Waals surface area contributed by atoms with E-state index in [4.69, 9.17) is 9.47 Å². The van der Waals surface area contributed by atoms with E-state index in [-0.39, 0.29) is 28.1 Å². The molecule has 0 aromatic heterocycles. The van der Waals surface area contributed by atoms with Gasteiger partial charge in [-0.05, 0) is 55.0 Å². The highest BCUT2D eigenvalue weighted by Crippen LogP contribution is 2.25. The van der Waals surface area contributed by atoms with Crippen molar-refractivity contribution in [1.82, 2.24) is 5.32 Å². The Morgan fingerprint density at radius 1 is 1.13 bits per heavy atom. The van der Waals surface area contributed by atoms with Crippen LogP contribution in [0.3, 0.4) is 0 Å². The van der Waals surface area contributed by atoms with Gasteiger partial charge in [0.1, 0.15) is 17.1 Å². The van der Waals surface area contributed by atoms with Crippen molar-refractivity contribution in [3.63, 3.8) is 0 Å². The first-order valence-corrected chi connectivity index (χ1v) is 8.89. The minimum Gasteiger partial charge on any atom is -0.545 e. The predicted octanol–water partition coefficient (Wildman–Crippen LogP) is 1.12. The number of benzene rings is 2. The van der Waals surface area contributed by atoms with Gasteiger partial charge in [-0.1, -0.05) is 6.07 Å². The van der Waals surface area contributed by atoms with E-state index >= 15 is 0 Å². The molecule has 0 atom stereocenters. The zero-order valence-electron chi connectivity index (χ0n) is 16.1. The number of rotatable bonds is 6. The van der Waals surface area contributed by atoms with E-state index in [1.807, 2.05) is 6.92 Å². The Hall–Kier alpha value is -4.14. The normalized spacial score (nSPS) is 15.2. The summed E-state index contributed by atoms with van der Waals surface area (Å²) in [5, 5.41) is 13.4. The van der Waals surface area contributed by atoms with Crippen LogP contribution in [0.25, 0.3) is 6.08 Å². The maximum absolute atomic E-state index is 12.9. The molecule has 9 heteroatoms. The van der Waals surface area contributed by atoms with Crippen LogP contribution in [0.4, 0.5) is 10.5 Å². The minimum absolute atomic E-state index is 0.0720. The van der Waals surface area contributed by atoms with Gasteiger partial charge in [0, 0.05) is 5.56 Å². The molecular weight excluding hydrogens is 392 g/mol. The van der Waals surface area contributed by atoms with E-state index in [2.05, 4.69) is 5.32 Å². The van der Waals surface area contributed by atoms with Crippen molar-refractivity contribution in [2.75, 3.05) is 18.6 Å². The number of urea groups is 1. The average molecular weight is 409 g/mol. The summed E-state index contributed by atoms with van der Waals surface area (Å²) in [6, 6.07) is 9.36. The number of hydrogen-bond acceptors (Lipinski definition) is 7. The molecule has 1 aliphatic rings. The van der Waals surface area contributed by atoms with Crippen LogP contribution in [0.5, 0.6) is 11.5 Å². The molecule has 9 nitrogen and oxygen atoms in total. The number of barbiturate groups is 1. The number of anilines is 1. The molecule has 2 aromatic rings. The van der Waals surface area contributed by atoms with Crippen LogP contribution in [0, 0.1) is 0 Å². The Labute approximate surface area is 171 Å². The van der Waals surface area contributed by atoms with Crippen LogP contribution in [0.1, 0.15) is 22.8 Å². The van der Waals surface area contributed by atoms with Crippen molar-refractivity contribution in [2.45, 2.75) is 6.92 Å². The van der Waals surface area contributed by atoms with Crippen molar-refractivity contribution in [3.8, 4) is 11.5 Å². The van der Waals surface area contributed by atoms with Gasteiger partial charge in [0.05, 0.1) is 25.4 Å². The Kier molecular flexibility index (Phi) is 5.82. The summed E-state index contributed by atoms with van der Waals surface area (Å²) in [5.74, 6) is -2.58. The molecule has 154 valence electrons. The Bertz CT molecular complexity index is 1060. The third kappa shape index (κ3) is 4.00. The lowest BCUT2D eigenvalue weighted by Crippen LogP contribution is -2.54. The number of carbonyl (C=O) groups is 4. The Balaban J connectivity index is 1.98. The highest BCUT2D eigenvalue weighted by molar-refractivity contribution is 6.39. The van der Waals surface area contributed by atoms with Crippen LogP contribution in [0.2, 0.25) is 0 Å². The SMILES string of the molecule is CCOc1ccc(N2C(=O)NC(=O)/C(=C\c3ccc(OC)c(C(=O)[O-])c3)C2=O)cc1. The van der Waals surface area contributed by atoms with E-state index in [0.29, 0.717) is 12.4 Å². The number of aromatic carboxylic acids is 1. The third-order valence-electron chi connectivity index (χ3n) is 4.26. The maximum atomic E-state index is 12.9. The van der Waals surface area contributed by atoms with Crippen molar-refractivity contribution >= 4 is 35.6 Å². The summed E-state index contributed by atoms with van der Waals surface area (Å²) in [4.78, 5) is 49.5. The van der Waals surface area contributed by atoms with E-state index in [1.54, 1.807) is 12.1 Å². The third-order valence-corrected chi connectivity index (χ3v) is 4.26. The van der Waals surface area contributed by atoms with Crippen LogP contribution in [-0.4, -0.2) is 37.5 Å². The second-order valence-corrected chi connectivity index (χ2v) is 6.13. The molecule has 0 spiro atoms. The number of imide groups is 2. The minimum atomic E-state index is -1.47. The lowest BCUT2D eigenvalue weighted by atomic mass is 10.0. The number of carboxylic acid groups (broad SMARTS) is 1. The predicted molar refractivity (Wildman–Crippen MR) is 104 cm³/mol. The van der Waals surface area contributed by atoms with E-state index in [9.17, 15) is 24.3 Å². The molecule has 4 amide bonds. The van der Waals surface area contributed by atoms with Crippen molar-refractivity contribution in [3.05, 3.63) is 59.2 Å². The van der Waals surface area contributed by atoms with E-state index < -0.39 is 23.8 Å². The fraction of sp³-hybridized carbons (Fsp3) is 0.143. The molecule has 30 heavy (non-hydrogen) atoms. The number of amides is 4. The van der Waals surface area contributed by atoms with Crippen molar-refractivity contribution in [1.29, 1.82) is 0 Å². The highest BCUT2D eigenvalue weighted by atomic mass is 16.5. The molecule has 3 rings (SSSR count). The number of nitrogens with one attached hydrogen (secondary N) is 1. The van der Waals surface area contributed by atoms with Gasteiger partial charge in [-0.25, -0.2) is 9.69 Å². The number of nitrogens with zero attached hydrogens (tertiary/aromatic N) is 1. The second-order valence-electron chi connectivity index (χ2n) is 6.13. The first-order chi connectivity index (χ1) is 14.3. The van der Waals surface area contributed by atoms with Gasteiger partial charge in [-0.3, -0.25) is 14.9 Å². The van der Waals surface area contributed by atoms with E-state index in [0.717, 1.165) is 4.90 Å². The van der Waals surface area contributed by atoms with Crippen LogP contribution >= 0.6 is 0 Å². The fourth-order valence-corrected chi connectivity index (χ4v) is 2.89. The number of ether oxygens (including phenoxy) is 2. The van der Waals surface area contributed by atoms with Gasteiger partial charge in [0.2, 0.25) is 0 Å². The summed E-state index contributed by atoms with van der Waals surface area (Å²) in [7, 11) is 1.30. The lowest BCUT2D eigenvalue weighted by molar-refractivity contribution is -0.255. The zero-order chi connectivity index (χ0) is 21.8. The number of methoxy groups -OCH3 is 1. The fourth-order valence-electron chi connectivity index (χ4n) is 2.89. The van der Waals surface area contributed by atoms with Gasteiger partial charge in [0.15, 0.2) is 0 Å². The standard InChI is InChI=1S/C21H18N2O7/c1-3-30-14-7-5-13(6-8-14)23-19(25)16(18(24)22-21(23)28)11-12-4-9-17(29-2)15(10-12)20(26)27/h4-11H,3H2,1-2H3,(H,26,27)(H,22,24,28)/p-1/b16-11+. The largest absolute Gasteiger partial charge is 0.545 e. The smallest absolute Gasteiger partial charge is 0.335 e. The molecule has 0 saturated carbocycles. The van der Waals surface area contributed by atoms with Crippen LogP contribution in [0.15, 0.2) is 48.0 Å². The summed E-state index contributed by atoms with van der Waals surface area (Å²) in [5.41, 5.74) is -0.0908. The molecule has 0 bridgehead atoms. The number of hydrogen-bond donors (Lipinski definition) is 1. The zero-order valence-corrected chi connectivity index (χ0v) is 16.1. The van der Waals surface area contributed by atoms with Gasteiger partial charge in [-0.15, -0.1) is 0 Å². The van der Waals surface area contributed by atoms with Crippen LogP contribution in [-0.2, 0) is 9.59 Å². The van der Waals surface area contributed by atoms with E-state index in [1.165, 1.54) is 43.5 Å². The molecule has 1 heterocycles. The Morgan fingerprint density at radius 3 is 2.43 bits per heavy atom. The van der Waals surface area contributed by atoms with Gasteiger partial charge >= 0.3 is 6.03 Å². The summed E-state index contributed by atoms with van der Waals surface area (Å²) in [6.07, 6.45) is 1.19. The first-order valence-electron chi connectivity index (χ1n) is 8.89. The number of carbonyl (C=O) groups excluding carboxylic acids is 4. The summed E-state index contributed by atoms with van der Waals surface area (Å²) in [6.45, 7) is 2.28. The molecular formula is C21H17N2O7-. The maximum Gasteiger partial charge on any atom is 0.335 e. The second kappa shape index (κ2) is 8.48. The van der Waals surface area contributed by atoms with Gasteiger partial charge < -0.3 is 19.4 Å². The monoisotopic (exact) mass is 409 g/mol. The lowest BCUT2D eigenvalue weighted by Gasteiger charge is -2.26. The molecule has 1 N–H and O–H groups in total. The highest BCUT2D eigenvalue weighted by Gasteiger charge is 2.36. The molecule has 1 saturated heterocycles. The van der Waals surface area contributed by atoms with Gasteiger partial charge in [-0.2, -0.15) is 0 Å². The molecule has 2 aromatic carbocycles. The van der Waals surface area contributed by atoms with Crippen LogP contribution < -0.4 is 24.8 Å². The quantitative estimate of drug-likeness (QED) is 0.560.